The quantitative estimate of drug-likeness (QED) is 0.652. The zero-order valence-electron chi connectivity index (χ0n) is 9.85. The molecule has 1 atom stereocenters. The first kappa shape index (κ1) is 11.7. The fourth-order valence-corrected chi connectivity index (χ4v) is 3.41. The molecule has 0 aromatic heterocycles. The van der Waals surface area contributed by atoms with E-state index >= 15 is 0 Å². The van der Waals surface area contributed by atoms with Crippen LogP contribution in [-0.2, 0) is 0 Å². The molecule has 1 aliphatic heterocycles. The summed E-state index contributed by atoms with van der Waals surface area (Å²) in [5.74, 6) is 1.36. The second-order valence-electron chi connectivity index (χ2n) is 5.16. The van der Waals surface area contributed by atoms with Crippen LogP contribution in [0.4, 0.5) is 0 Å². The fourth-order valence-electron chi connectivity index (χ4n) is 2.14. The third kappa shape index (κ3) is 4.33. The van der Waals surface area contributed by atoms with Crippen molar-refractivity contribution in [2.45, 2.75) is 49.8 Å². The zero-order chi connectivity index (χ0) is 10.6. The van der Waals surface area contributed by atoms with Gasteiger partial charge in [-0.2, -0.15) is 11.8 Å². The van der Waals surface area contributed by atoms with Crippen LogP contribution in [0, 0.1) is 0 Å². The molecule has 0 spiro atoms. The second kappa shape index (κ2) is 5.55. The van der Waals surface area contributed by atoms with Crippen molar-refractivity contribution in [2.24, 2.45) is 0 Å². The fraction of sp³-hybridized carbons (Fsp3) is 1.00. The van der Waals surface area contributed by atoms with Gasteiger partial charge >= 0.3 is 0 Å². The van der Waals surface area contributed by atoms with Gasteiger partial charge in [0.15, 0.2) is 0 Å². The summed E-state index contributed by atoms with van der Waals surface area (Å²) in [7, 11) is 0. The van der Waals surface area contributed by atoms with Crippen LogP contribution in [0.1, 0.15) is 39.0 Å². The molecular formula is C12H24N2S. The van der Waals surface area contributed by atoms with E-state index in [1.54, 1.807) is 0 Å². The predicted molar refractivity (Wildman–Crippen MR) is 68.6 cm³/mol. The molecule has 1 aliphatic carbocycles. The van der Waals surface area contributed by atoms with E-state index in [9.17, 15) is 0 Å². The van der Waals surface area contributed by atoms with Crippen LogP contribution >= 0.6 is 11.8 Å². The Labute approximate surface area is 98.0 Å². The monoisotopic (exact) mass is 228 g/mol. The largest absolute Gasteiger partial charge is 0.315 e. The summed E-state index contributed by atoms with van der Waals surface area (Å²) in [6.45, 7) is 5.97. The standard InChI is InChI=1S/C12H24N2S/c1-12(6-2-9-15-12)10-13-7-3-8-14-11-4-5-11/h11,13-14H,2-10H2,1H3. The molecule has 0 aromatic carbocycles. The van der Waals surface area contributed by atoms with Gasteiger partial charge in [-0.15, -0.1) is 0 Å². The van der Waals surface area contributed by atoms with E-state index in [-0.39, 0.29) is 0 Å². The Hall–Kier alpha value is 0.270. The molecule has 1 saturated heterocycles. The van der Waals surface area contributed by atoms with Crippen molar-refractivity contribution in [3.05, 3.63) is 0 Å². The topological polar surface area (TPSA) is 24.1 Å². The van der Waals surface area contributed by atoms with E-state index in [1.165, 1.54) is 57.5 Å². The molecular weight excluding hydrogens is 204 g/mol. The Morgan fingerprint density at radius 2 is 2.20 bits per heavy atom. The van der Waals surface area contributed by atoms with Gasteiger partial charge in [-0.05, 0) is 57.9 Å². The highest BCUT2D eigenvalue weighted by atomic mass is 32.2. The maximum absolute atomic E-state index is 3.60. The average Bonchev–Trinajstić information content (AvgIpc) is 2.95. The molecule has 1 saturated carbocycles. The van der Waals surface area contributed by atoms with E-state index in [4.69, 9.17) is 0 Å². The van der Waals surface area contributed by atoms with E-state index in [0.29, 0.717) is 4.75 Å². The van der Waals surface area contributed by atoms with E-state index in [0.717, 1.165) is 6.04 Å². The van der Waals surface area contributed by atoms with E-state index < -0.39 is 0 Å². The van der Waals surface area contributed by atoms with Gasteiger partial charge in [0.25, 0.3) is 0 Å². The van der Waals surface area contributed by atoms with E-state index in [2.05, 4.69) is 29.3 Å². The molecule has 0 aromatic rings. The molecule has 3 heteroatoms. The maximum Gasteiger partial charge on any atom is 0.0256 e. The van der Waals surface area contributed by atoms with Crippen LogP contribution in [0.15, 0.2) is 0 Å². The summed E-state index contributed by atoms with van der Waals surface area (Å²) in [5.41, 5.74) is 0. The molecule has 1 heterocycles. The third-order valence-electron chi connectivity index (χ3n) is 3.34. The van der Waals surface area contributed by atoms with E-state index in [1.807, 2.05) is 0 Å². The Kier molecular flexibility index (Phi) is 4.35. The minimum Gasteiger partial charge on any atom is -0.315 e. The van der Waals surface area contributed by atoms with Gasteiger partial charge in [0.2, 0.25) is 0 Å². The van der Waals surface area contributed by atoms with Crippen molar-refractivity contribution >= 4 is 11.8 Å². The maximum atomic E-state index is 3.60. The first-order valence-electron chi connectivity index (χ1n) is 6.37. The molecule has 1 unspecified atom stereocenters. The van der Waals surface area contributed by atoms with Gasteiger partial charge in [0.1, 0.15) is 0 Å². The molecule has 15 heavy (non-hydrogen) atoms. The lowest BCUT2D eigenvalue weighted by atomic mass is 10.1. The van der Waals surface area contributed by atoms with Crippen LogP contribution in [0.3, 0.4) is 0 Å². The lowest BCUT2D eigenvalue weighted by molar-refractivity contribution is 0.520. The first-order valence-corrected chi connectivity index (χ1v) is 7.35. The molecule has 2 rings (SSSR count). The van der Waals surface area contributed by atoms with Crippen LogP contribution in [0.5, 0.6) is 0 Å². The number of rotatable bonds is 7. The van der Waals surface area contributed by atoms with Crippen LogP contribution in [-0.4, -0.2) is 36.2 Å². The lowest BCUT2D eigenvalue weighted by Crippen LogP contribution is -2.34. The summed E-state index contributed by atoms with van der Waals surface area (Å²) < 4.78 is 0.532. The zero-order valence-corrected chi connectivity index (χ0v) is 10.7. The van der Waals surface area contributed by atoms with Gasteiger partial charge in [-0.25, -0.2) is 0 Å². The van der Waals surface area contributed by atoms with Gasteiger partial charge in [-0.1, -0.05) is 0 Å². The second-order valence-corrected chi connectivity index (χ2v) is 6.84. The van der Waals surface area contributed by atoms with Crippen LogP contribution < -0.4 is 10.6 Å². The summed E-state index contributed by atoms with van der Waals surface area (Å²) in [5, 5.41) is 7.15. The highest BCUT2D eigenvalue weighted by Crippen LogP contribution is 2.36. The summed E-state index contributed by atoms with van der Waals surface area (Å²) in [6, 6.07) is 0.868. The number of hydrogen-bond donors (Lipinski definition) is 2. The molecule has 2 nitrogen and oxygen atoms in total. The van der Waals surface area contributed by atoms with Gasteiger partial charge in [0.05, 0.1) is 0 Å². The molecule has 2 aliphatic rings. The lowest BCUT2D eigenvalue weighted by Gasteiger charge is -2.22. The van der Waals surface area contributed by atoms with Crippen molar-refractivity contribution in [1.82, 2.24) is 10.6 Å². The first-order chi connectivity index (χ1) is 7.29. The van der Waals surface area contributed by atoms with Gasteiger partial charge < -0.3 is 10.6 Å². The number of nitrogens with one attached hydrogen (secondary N) is 2. The van der Waals surface area contributed by atoms with Crippen LogP contribution in [0.2, 0.25) is 0 Å². The van der Waals surface area contributed by atoms with Gasteiger partial charge in [0, 0.05) is 17.3 Å². The highest BCUT2D eigenvalue weighted by molar-refractivity contribution is 8.00. The van der Waals surface area contributed by atoms with Crippen LogP contribution in [0.25, 0.3) is 0 Å². The predicted octanol–water partition coefficient (Wildman–Crippen LogP) is 2.00. The van der Waals surface area contributed by atoms with Crippen molar-refractivity contribution < 1.29 is 0 Å². The summed E-state index contributed by atoms with van der Waals surface area (Å²) >= 11 is 2.15. The molecule has 88 valence electrons. The highest BCUT2D eigenvalue weighted by Gasteiger charge is 2.28. The molecule has 0 bridgehead atoms. The minimum atomic E-state index is 0.532. The number of hydrogen-bond acceptors (Lipinski definition) is 3. The normalized spacial score (nSPS) is 31.0. The molecule has 0 amide bonds. The smallest absolute Gasteiger partial charge is 0.0256 e. The number of thioether (sulfide) groups is 1. The van der Waals surface area contributed by atoms with Crippen molar-refractivity contribution in [3.63, 3.8) is 0 Å². The SMILES string of the molecule is CC1(CNCCCNC2CC2)CCCS1. The Balaban J connectivity index is 1.43. The molecule has 0 radical (unpaired) electrons. The van der Waals surface area contributed by atoms with Crippen molar-refractivity contribution in [1.29, 1.82) is 0 Å². The minimum absolute atomic E-state index is 0.532. The average molecular weight is 228 g/mol. The Morgan fingerprint density at radius 1 is 1.33 bits per heavy atom. The van der Waals surface area contributed by atoms with Crippen molar-refractivity contribution in [2.75, 3.05) is 25.4 Å². The van der Waals surface area contributed by atoms with Gasteiger partial charge in [-0.3, -0.25) is 0 Å². The van der Waals surface area contributed by atoms with Crippen molar-refractivity contribution in [3.8, 4) is 0 Å². The molecule has 2 N–H and O–H groups in total. The Morgan fingerprint density at radius 3 is 2.87 bits per heavy atom. The summed E-state index contributed by atoms with van der Waals surface area (Å²) in [4.78, 5) is 0. The Bertz CT molecular complexity index is 186. The summed E-state index contributed by atoms with van der Waals surface area (Å²) in [6.07, 6.45) is 6.89. The molecule has 2 fully saturated rings. The third-order valence-corrected chi connectivity index (χ3v) is 4.88.